The Kier molecular flexibility index (Phi) is 8.34. The Morgan fingerprint density at radius 2 is 2.04 bits per heavy atom. The average molecular weight is 379 g/mol. The predicted octanol–water partition coefficient (Wildman–Crippen LogP) is 5.17. The molecule has 0 heterocycles. The van der Waals surface area contributed by atoms with Crippen molar-refractivity contribution in [1.82, 2.24) is 4.67 Å². The van der Waals surface area contributed by atoms with Crippen LogP contribution in [0.15, 0.2) is 17.3 Å². The molecule has 0 N–H and O–H groups in total. The molecule has 2 aliphatic carbocycles. The molecule has 144 valence electrons. The number of allylic oxidation sites excluding steroid dienone is 2. The van der Waals surface area contributed by atoms with Crippen LogP contribution in [0.3, 0.4) is 0 Å². The second-order valence-corrected chi connectivity index (χ2v) is 8.95. The van der Waals surface area contributed by atoms with Gasteiger partial charge in [0.15, 0.2) is 0 Å². The molecular weight excluding hydrogens is 349 g/mol. The van der Waals surface area contributed by atoms with Crippen molar-refractivity contribution in [3.63, 3.8) is 0 Å². The second kappa shape index (κ2) is 10.3. The third kappa shape index (κ3) is 5.42. The van der Waals surface area contributed by atoms with Crippen LogP contribution in [0, 0.1) is 29.1 Å². The molecule has 0 aliphatic heterocycles. The largest absolute Gasteiger partial charge is 0.321 e. The summed E-state index contributed by atoms with van der Waals surface area (Å²) in [6, 6.07) is 2.63. The molecule has 5 atom stereocenters. The van der Waals surface area contributed by atoms with Gasteiger partial charge in [0.1, 0.15) is 0 Å². The van der Waals surface area contributed by atoms with Crippen LogP contribution < -0.4 is 0 Å². The van der Waals surface area contributed by atoms with Crippen LogP contribution in [-0.4, -0.2) is 36.0 Å². The van der Waals surface area contributed by atoms with Gasteiger partial charge in [0, 0.05) is 17.0 Å². The van der Waals surface area contributed by atoms with Gasteiger partial charge in [-0.25, -0.2) is 4.67 Å². The first-order valence-electron chi connectivity index (χ1n) is 9.42. The lowest BCUT2D eigenvalue weighted by atomic mass is 9.88. The molecule has 1 fully saturated rings. The number of fused-ring (bicyclic) bond motifs is 2. The monoisotopic (exact) mass is 379 g/mol. The molecule has 26 heavy (non-hydrogen) atoms. The van der Waals surface area contributed by atoms with E-state index in [1.807, 2.05) is 0 Å². The number of azide groups is 1. The van der Waals surface area contributed by atoms with Crippen molar-refractivity contribution in [2.75, 3.05) is 13.2 Å². The fraction of sp³-hybridized carbons (Fsp3) is 0.833. The number of nitrogens with zero attached hydrogens (tertiary/aromatic N) is 5. The number of hydrogen-bond donors (Lipinski definition) is 0. The van der Waals surface area contributed by atoms with E-state index in [4.69, 9.17) is 19.8 Å². The van der Waals surface area contributed by atoms with Crippen LogP contribution in [0.1, 0.15) is 47.0 Å². The second-order valence-electron chi connectivity index (χ2n) is 7.55. The Balaban J connectivity index is 2.15. The highest BCUT2D eigenvalue weighted by atomic mass is 31.2. The van der Waals surface area contributed by atoms with Crippen LogP contribution in [0.2, 0.25) is 0 Å². The average Bonchev–Trinajstić information content (AvgIpc) is 3.21. The molecule has 2 aliphatic rings. The Bertz CT molecular complexity index is 562. The molecule has 1 saturated carbocycles. The summed E-state index contributed by atoms with van der Waals surface area (Å²) >= 11 is 0. The van der Waals surface area contributed by atoms with Crippen molar-refractivity contribution >= 4 is 8.53 Å². The highest BCUT2D eigenvalue weighted by Gasteiger charge is 2.42. The number of hydrogen-bond acceptors (Lipinski definition) is 5. The predicted molar refractivity (Wildman–Crippen MR) is 103 cm³/mol. The van der Waals surface area contributed by atoms with Crippen molar-refractivity contribution in [2.45, 2.75) is 65.1 Å². The lowest BCUT2D eigenvalue weighted by molar-refractivity contribution is 0.0884. The SMILES string of the molecule is CC(C)N(C(C)C)P(OCCC#N)OC(CN=[N+]=[N-])C1CC2C=CC1C2. The summed E-state index contributed by atoms with van der Waals surface area (Å²) in [5, 5.41) is 12.7. The topological polar surface area (TPSA) is 94.2 Å². The van der Waals surface area contributed by atoms with Gasteiger partial charge in [0.2, 0.25) is 0 Å². The van der Waals surface area contributed by atoms with Crippen molar-refractivity contribution < 1.29 is 9.05 Å². The third-order valence-electron chi connectivity index (χ3n) is 5.02. The zero-order valence-corrected chi connectivity index (χ0v) is 17.0. The first kappa shape index (κ1) is 21.2. The van der Waals surface area contributed by atoms with E-state index in [0.717, 1.165) is 6.42 Å². The summed E-state index contributed by atoms with van der Waals surface area (Å²) < 4.78 is 14.7. The van der Waals surface area contributed by atoms with Gasteiger partial charge >= 0.3 is 0 Å². The Hall–Kier alpha value is -1.15. The smallest absolute Gasteiger partial charge is 0.259 e. The maximum atomic E-state index is 8.84. The van der Waals surface area contributed by atoms with E-state index in [0.29, 0.717) is 37.3 Å². The Morgan fingerprint density at radius 3 is 2.54 bits per heavy atom. The van der Waals surface area contributed by atoms with Gasteiger partial charge in [0.05, 0.1) is 31.7 Å². The fourth-order valence-electron chi connectivity index (χ4n) is 4.02. The summed E-state index contributed by atoms with van der Waals surface area (Å²) in [4.78, 5) is 2.94. The van der Waals surface area contributed by atoms with Gasteiger partial charge in [-0.2, -0.15) is 5.26 Å². The lowest BCUT2D eigenvalue weighted by Gasteiger charge is -2.39. The van der Waals surface area contributed by atoms with E-state index in [1.165, 1.54) is 6.42 Å². The molecular formula is C18H30N5O2P. The van der Waals surface area contributed by atoms with Crippen LogP contribution in [0.4, 0.5) is 0 Å². The van der Waals surface area contributed by atoms with Gasteiger partial charge in [-0.1, -0.05) is 17.3 Å². The number of nitriles is 1. The Morgan fingerprint density at radius 1 is 1.31 bits per heavy atom. The molecule has 0 amide bonds. The third-order valence-corrected chi connectivity index (χ3v) is 7.18. The standard InChI is InChI=1S/C18H30N5O2P/c1-13(2)23(14(3)4)26(24-9-5-8-19)25-18(12-21-22-20)17-11-15-6-7-16(17)10-15/h6-7,13-18H,5,9-12H2,1-4H3. The summed E-state index contributed by atoms with van der Waals surface area (Å²) in [6.45, 7) is 9.15. The zero-order valence-electron chi connectivity index (χ0n) is 16.2. The minimum absolute atomic E-state index is 0.154. The first-order chi connectivity index (χ1) is 12.5. The van der Waals surface area contributed by atoms with Crippen molar-refractivity contribution in [1.29, 1.82) is 5.26 Å². The molecule has 2 bridgehead atoms. The molecule has 5 unspecified atom stereocenters. The molecule has 0 radical (unpaired) electrons. The van der Waals surface area contributed by atoms with Gasteiger partial charge in [-0.15, -0.1) is 0 Å². The van der Waals surface area contributed by atoms with Crippen molar-refractivity contribution in [3.05, 3.63) is 22.6 Å². The van der Waals surface area contributed by atoms with E-state index in [-0.39, 0.29) is 18.2 Å². The lowest BCUT2D eigenvalue weighted by Crippen LogP contribution is -2.37. The molecule has 8 heteroatoms. The maximum absolute atomic E-state index is 8.84. The molecule has 7 nitrogen and oxygen atoms in total. The summed E-state index contributed by atoms with van der Waals surface area (Å²) in [7, 11) is -1.32. The normalized spacial score (nSPS) is 26.3. The van der Waals surface area contributed by atoms with E-state index in [2.05, 4.69) is 60.6 Å². The minimum atomic E-state index is -1.32. The summed E-state index contributed by atoms with van der Waals surface area (Å²) in [5.41, 5.74) is 8.80. The van der Waals surface area contributed by atoms with Crippen molar-refractivity contribution in [3.8, 4) is 6.07 Å². The Labute approximate surface area is 157 Å². The van der Waals surface area contributed by atoms with E-state index < -0.39 is 8.53 Å². The van der Waals surface area contributed by atoms with E-state index in [9.17, 15) is 0 Å². The highest BCUT2D eigenvalue weighted by molar-refractivity contribution is 7.44. The fourth-order valence-corrected chi connectivity index (χ4v) is 5.78. The van der Waals surface area contributed by atoms with Gasteiger partial charge < -0.3 is 9.05 Å². The minimum Gasteiger partial charge on any atom is -0.321 e. The zero-order chi connectivity index (χ0) is 19.1. The van der Waals surface area contributed by atoms with Gasteiger partial charge in [-0.3, -0.25) is 0 Å². The van der Waals surface area contributed by atoms with Crippen LogP contribution in [-0.2, 0) is 9.05 Å². The number of rotatable bonds is 11. The van der Waals surface area contributed by atoms with E-state index in [1.54, 1.807) is 0 Å². The molecule has 2 rings (SSSR count). The van der Waals surface area contributed by atoms with Gasteiger partial charge in [0.25, 0.3) is 8.53 Å². The summed E-state index contributed by atoms with van der Waals surface area (Å²) in [6.07, 6.45) is 7.02. The van der Waals surface area contributed by atoms with Crippen LogP contribution in [0.5, 0.6) is 0 Å². The van der Waals surface area contributed by atoms with E-state index >= 15 is 0 Å². The molecule has 0 aromatic rings. The first-order valence-corrected chi connectivity index (χ1v) is 10.5. The maximum Gasteiger partial charge on any atom is 0.259 e. The molecule has 0 spiro atoms. The quantitative estimate of drug-likeness (QED) is 0.124. The van der Waals surface area contributed by atoms with Crippen LogP contribution in [0.25, 0.3) is 10.4 Å². The highest BCUT2D eigenvalue weighted by Crippen LogP contribution is 2.52. The molecule has 0 saturated heterocycles. The molecule has 0 aromatic carbocycles. The van der Waals surface area contributed by atoms with Crippen LogP contribution >= 0.6 is 8.53 Å². The summed E-state index contributed by atoms with van der Waals surface area (Å²) in [5.74, 6) is 1.49. The molecule has 0 aromatic heterocycles. The van der Waals surface area contributed by atoms with Crippen molar-refractivity contribution in [2.24, 2.45) is 22.9 Å². The van der Waals surface area contributed by atoms with Gasteiger partial charge in [-0.05, 0) is 63.8 Å².